The number of aromatic nitrogens is 2. The number of hydrogen-bond donors (Lipinski definition) is 1. The second-order valence-corrected chi connectivity index (χ2v) is 5.32. The fourth-order valence-corrected chi connectivity index (χ4v) is 2.25. The summed E-state index contributed by atoms with van der Waals surface area (Å²) in [6.07, 6.45) is 0.485. The standard InChI is InChI=1S/C12H11ClN2O3S/c1-2-9(11(16)17)19-12-15-14-10(18-12)7-3-5-8(13)6-4-7/h3-6,9H,2H2,1H3,(H,16,17)/t9-/m0/s1. The third-order valence-electron chi connectivity index (χ3n) is 2.39. The van der Waals surface area contributed by atoms with Crippen LogP contribution in [0.15, 0.2) is 33.9 Å². The Morgan fingerprint density at radius 3 is 2.68 bits per heavy atom. The number of halogens is 1. The molecular weight excluding hydrogens is 288 g/mol. The minimum atomic E-state index is -0.890. The van der Waals surface area contributed by atoms with Gasteiger partial charge >= 0.3 is 5.97 Å². The van der Waals surface area contributed by atoms with Gasteiger partial charge in [-0.2, -0.15) is 0 Å². The molecule has 0 unspecified atom stereocenters. The van der Waals surface area contributed by atoms with Crippen molar-refractivity contribution in [3.05, 3.63) is 29.3 Å². The van der Waals surface area contributed by atoms with E-state index in [1.54, 1.807) is 31.2 Å². The molecule has 0 spiro atoms. The van der Waals surface area contributed by atoms with Gasteiger partial charge in [-0.15, -0.1) is 10.2 Å². The molecule has 0 radical (unpaired) electrons. The van der Waals surface area contributed by atoms with Gasteiger partial charge in [-0.25, -0.2) is 0 Å². The van der Waals surface area contributed by atoms with Crippen LogP contribution in [0.25, 0.3) is 11.5 Å². The van der Waals surface area contributed by atoms with E-state index in [1.807, 2.05) is 0 Å². The topological polar surface area (TPSA) is 76.2 Å². The van der Waals surface area contributed by atoms with E-state index in [-0.39, 0.29) is 5.22 Å². The van der Waals surface area contributed by atoms with Crippen molar-refractivity contribution in [2.24, 2.45) is 0 Å². The van der Waals surface area contributed by atoms with Crippen molar-refractivity contribution >= 4 is 29.3 Å². The fourth-order valence-electron chi connectivity index (χ4n) is 1.40. The molecule has 19 heavy (non-hydrogen) atoms. The number of carboxylic acid groups (broad SMARTS) is 1. The van der Waals surface area contributed by atoms with Crippen LogP contribution in [0, 0.1) is 0 Å². The Kier molecular flexibility index (Phi) is 4.44. The monoisotopic (exact) mass is 298 g/mol. The number of rotatable bonds is 5. The first-order valence-electron chi connectivity index (χ1n) is 5.59. The lowest BCUT2D eigenvalue weighted by atomic mass is 10.2. The van der Waals surface area contributed by atoms with Crippen LogP contribution >= 0.6 is 23.4 Å². The summed E-state index contributed by atoms with van der Waals surface area (Å²) in [4.78, 5) is 10.9. The summed E-state index contributed by atoms with van der Waals surface area (Å²) in [6, 6.07) is 6.97. The number of benzene rings is 1. The molecule has 0 aliphatic heterocycles. The van der Waals surface area contributed by atoms with E-state index in [0.717, 1.165) is 17.3 Å². The highest BCUT2D eigenvalue weighted by Gasteiger charge is 2.20. The Hall–Kier alpha value is -1.53. The van der Waals surface area contributed by atoms with E-state index in [2.05, 4.69) is 10.2 Å². The maximum atomic E-state index is 10.9. The van der Waals surface area contributed by atoms with Crippen LogP contribution in [0.3, 0.4) is 0 Å². The Morgan fingerprint density at radius 1 is 1.42 bits per heavy atom. The molecule has 0 amide bonds. The lowest BCUT2D eigenvalue weighted by molar-refractivity contribution is -0.136. The number of aliphatic carboxylic acids is 1. The molecule has 0 saturated heterocycles. The molecule has 7 heteroatoms. The molecule has 0 aliphatic rings. The molecule has 2 aromatic rings. The van der Waals surface area contributed by atoms with Crippen LogP contribution in [0.1, 0.15) is 13.3 Å². The van der Waals surface area contributed by atoms with Crippen LogP contribution < -0.4 is 0 Å². The maximum Gasteiger partial charge on any atom is 0.317 e. The third-order valence-corrected chi connectivity index (χ3v) is 3.83. The summed E-state index contributed by atoms with van der Waals surface area (Å²) in [5.41, 5.74) is 0.743. The second kappa shape index (κ2) is 6.08. The molecule has 1 heterocycles. The molecule has 100 valence electrons. The maximum absolute atomic E-state index is 10.9. The summed E-state index contributed by atoms with van der Waals surface area (Å²) in [7, 11) is 0. The van der Waals surface area contributed by atoms with Gasteiger partial charge in [0.2, 0.25) is 5.89 Å². The van der Waals surface area contributed by atoms with Gasteiger partial charge in [-0.1, -0.05) is 30.3 Å². The highest BCUT2D eigenvalue weighted by atomic mass is 35.5. The van der Waals surface area contributed by atoms with E-state index in [4.69, 9.17) is 21.1 Å². The van der Waals surface area contributed by atoms with Crippen LogP contribution in [0.2, 0.25) is 5.02 Å². The average molecular weight is 299 g/mol. The zero-order valence-corrected chi connectivity index (χ0v) is 11.6. The number of hydrogen-bond acceptors (Lipinski definition) is 5. The highest BCUT2D eigenvalue weighted by molar-refractivity contribution is 8.00. The normalized spacial score (nSPS) is 12.3. The van der Waals surface area contributed by atoms with Gasteiger partial charge in [0.1, 0.15) is 5.25 Å². The Morgan fingerprint density at radius 2 is 2.11 bits per heavy atom. The fraction of sp³-hybridized carbons (Fsp3) is 0.250. The summed E-state index contributed by atoms with van der Waals surface area (Å²) in [6.45, 7) is 1.79. The van der Waals surface area contributed by atoms with Crippen molar-refractivity contribution in [2.75, 3.05) is 0 Å². The number of thioether (sulfide) groups is 1. The van der Waals surface area contributed by atoms with Gasteiger partial charge in [0.25, 0.3) is 5.22 Å². The van der Waals surface area contributed by atoms with Crippen molar-refractivity contribution in [3.63, 3.8) is 0 Å². The average Bonchev–Trinajstić information content (AvgIpc) is 2.85. The summed E-state index contributed by atoms with van der Waals surface area (Å²) < 4.78 is 5.43. The summed E-state index contributed by atoms with van der Waals surface area (Å²) in [5, 5.41) is 17.0. The third kappa shape index (κ3) is 3.48. The van der Waals surface area contributed by atoms with Crippen molar-refractivity contribution in [1.29, 1.82) is 0 Å². The molecular formula is C12H11ClN2O3S. The molecule has 2 rings (SSSR count). The van der Waals surface area contributed by atoms with E-state index in [9.17, 15) is 4.79 Å². The van der Waals surface area contributed by atoms with Crippen LogP contribution in [-0.2, 0) is 4.79 Å². The van der Waals surface area contributed by atoms with Crippen molar-refractivity contribution in [2.45, 2.75) is 23.8 Å². The molecule has 1 atom stereocenters. The van der Waals surface area contributed by atoms with Crippen molar-refractivity contribution in [3.8, 4) is 11.5 Å². The Bertz CT molecular complexity index is 571. The van der Waals surface area contributed by atoms with Gasteiger partial charge in [-0.05, 0) is 30.7 Å². The summed E-state index contributed by atoms with van der Waals surface area (Å²) in [5.74, 6) is -0.543. The summed E-state index contributed by atoms with van der Waals surface area (Å²) >= 11 is 6.84. The van der Waals surface area contributed by atoms with E-state index in [1.165, 1.54) is 0 Å². The first kappa shape index (κ1) is 13.9. The molecule has 5 nitrogen and oxygen atoms in total. The molecule has 0 saturated carbocycles. The zero-order chi connectivity index (χ0) is 13.8. The molecule has 0 aliphatic carbocycles. The van der Waals surface area contributed by atoms with Crippen molar-refractivity contribution < 1.29 is 14.3 Å². The molecule has 1 aromatic carbocycles. The lowest BCUT2D eigenvalue weighted by Gasteiger charge is -2.04. The Labute approximate surface area is 119 Å². The van der Waals surface area contributed by atoms with Gasteiger partial charge in [0, 0.05) is 10.6 Å². The van der Waals surface area contributed by atoms with E-state index >= 15 is 0 Å². The largest absolute Gasteiger partial charge is 0.480 e. The highest BCUT2D eigenvalue weighted by Crippen LogP contribution is 2.28. The van der Waals surface area contributed by atoms with Gasteiger partial charge in [0.05, 0.1) is 0 Å². The Balaban J connectivity index is 2.15. The van der Waals surface area contributed by atoms with Gasteiger partial charge < -0.3 is 9.52 Å². The number of carboxylic acids is 1. The van der Waals surface area contributed by atoms with Crippen molar-refractivity contribution in [1.82, 2.24) is 10.2 Å². The van der Waals surface area contributed by atoms with Gasteiger partial charge in [-0.3, -0.25) is 4.79 Å². The predicted molar refractivity (Wildman–Crippen MR) is 72.3 cm³/mol. The lowest BCUT2D eigenvalue weighted by Crippen LogP contribution is -2.14. The number of carbonyl (C=O) groups is 1. The van der Waals surface area contributed by atoms with E-state index in [0.29, 0.717) is 17.3 Å². The smallest absolute Gasteiger partial charge is 0.317 e. The first-order valence-corrected chi connectivity index (χ1v) is 6.85. The molecule has 0 fully saturated rings. The van der Waals surface area contributed by atoms with Crippen LogP contribution in [0.4, 0.5) is 0 Å². The zero-order valence-electron chi connectivity index (χ0n) is 10.0. The first-order chi connectivity index (χ1) is 9.10. The van der Waals surface area contributed by atoms with Crippen LogP contribution in [-0.4, -0.2) is 26.5 Å². The SMILES string of the molecule is CC[C@H](Sc1nnc(-c2ccc(Cl)cc2)o1)C(=O)O. The molecule has 1 N–H and O–H groups in total. The molecule has 0 bridgehead atoms. The second-order valence-electron chi connectivity index (χ2n) is 3.73. The molecule has 1 aromatic heterocycles. The van der Waals surface area contributed by atoms with Crippen LogP contribution in [0.5, 0.6) is 0 Å². The predicted octanol–water partition coefficient (Wildman–Crippen LogP) is 3.35. The number of nitrogens with zero attached hydrogens (tertiary/aromatic N) is 2. The van der Waals surface area contributed by atoms with Gasteiger partial charge in [0.15, 0.2) is 0 Å². The minimum Gasteiger partial charge on any atom is -0.480 e. The quantitative estimate of drug-likeness (QED) is 0.853. The van der Waals surface area contributed by atoms with E-state index < -0.39 is 11.2 Å². The minimum absolute atomic E-state index is 0.249.